The van der Waals surface area contributed by atoms with Crippen molar-refractivity contribution in [1.82, 2.24) is 0 Å². The number of rotatable bonds is 5. The molecule has 1 aliphatic rings. The molecule has 198 valence electrons. The quantitative estimate of drug-likeness (QED) is 0.156. The van der Waals surface area contributed by atoms with Crippen molar-refractivity contribution in [3.8, 4) is 33.5 Å². The summed E-state index contributed by atoms with van der Waals surface area (Å²) in [5, 5.41) is 0. The second kappa shape index (κ2) is 10.6. The molecule has 6 rings (SSSR count). The molecule has 0 N–H and O–H groups in total. The minimum Gasteiger partial charge on any atom is -0.298 e. The fourth-order valence-electron chi connectivity index (χ4n) is 5.94. The Balaban J connectivity index is 1.59. The van der Waals surface area contributed by atoms with Gasteiger partial charge in [-0.1, -0.05) is 72.4 Å². The van der Waals surface area contributed by atoms with E-state index in [1.54, 1.807) is 0 Å². The molecule has 2 heterocycles. The summed E-state index contributed by atoms with van der Waals surface area (Å²) in [5.74, 6) is 0. The average molecular weight is 541 g/mol. The van der Waals surface area contributed by atoms with E-state index in [4.69, 9.17) is 0 Å². The van der Waals surface area contributed by atoms with Gasteiger partial charge in [0.25, 0.3) is 0 Å². The van der Waals surface area contributed by atoms with Crippen LogP contribution >= 0.6 is 11.8 Å². The number of hydrogen-bond donors (Lipinski definition) is 0. The number of hydrogen-bond acceptors (Lipinski definition) is 1. The summed E-state index contributed by atoms with van der Waals surface area (Å²) in [6, 6.07) is 37.8. The summed E-state index contributed by atoms with van der Waals surface area (Å²) < 4.78 is 3.15. The maximum Gasteiger partial charge on any atom is 0.213 e. The van der Waals surface area contributed by atoms with Gasteiger partial charge in [-0.25, -0.2) is 0 Å². The Bertz CT molecular complexity index is 1760. The molecular weight excluding hydrogens is 504 g/mol. The van der Waals surface area contributed by atoms with Crippen molar-refractivity contribution in [2.24, 2.45) is 0 Å². The van der Waals surface area contributed by atoms with Crippen molar-refractivity contribution < 1.29 is 9.05 Å². The van der Waals surface area contributed by atoms with Crippen molar-refractivity contribution in [2.75, 3.05) is 21.1 Å². The normalized spacial score (nSPS) is 12.8. The summed E-state index contributed by atoms with van der Waals surface area (Å²) in [6.45, 7) is 5.15. The molecular formula is C37H36N2S+2. The Morgan fingerprint density at radius 3 is 2.02 bits per heavy atom. The van der Waals surface area contributed by atoms with Crippen molar-refractivity contribution in [3.63, 3.8) is 0 Å². The number of fused-ring (bicyclic) bond motifs is 5. The van der Waals surface area contributed by atoms with Crippen LogP contribution in [-0.2, 0) is 6.54 Å². The van der Waals surface area contributed by atoms with Gasteiger partial charge in [-0.15, -0.1) is 0 Å². The first-order valence-electron chi connectivity index (χ1n) is 13.9. The molecule has 0 saturated heterocycles. The first-order valence-corrected chi connectivity index (χ1v) is 14.7. The minimum absolute atomic E-state index is 0.751. The van der Waals surface area contributed by atoms with E-state index in [2.05, 4.69) is 155 Å². The molecule has 0 atom stereocenters. The molecule has 0 bridgehead atoms. The fourth-order valence-corrected chi connectivity index (χ4v) is 7.09. The zero-order valence-corrected chi connectivity index (χ0v) is 24.8. The lowest BCUT2D eigenvalue weighted by atomic mass is 9.91. The number of aromatic nitrogens is 1. The highest BCUT2D eigenvalue weighted by Crippen LogP contribution is 2.49. The standard InChI is InChI=1S/C37H36N2S/c1-6-35(39(3,4)5)32-24-33-30-18-10-9-17-29(30)31-19-11-12-21-36(31)40-37(33)23-27(32)25-38-22-14-13-20-34(38)28-16-8-7-15-26(28)2/h6-24H,25H2,1-5H3/q+2/b35-6-. The first kappa shape index (κ1) is 26.3. The Morgan fingerprint density at radius 2 is 1.32 bits per heavy atom. The van der Waals surface area contributed by atoms with Crippen LogP contribution < -0.4 is 4.57 Å². The highest BCUT2D eigenvalue weighted by molar-refractivity contribution is 7.99. The van der Waals surface area contributed by atoms with E-state index in [0.717, 1.165) is 11.0 Å². The highest BCUT2D eigenvalue weighted by Gasteiger charge is 2.28. The molecule has 4 aromatic carbocycles. The van der Waals surface area contributed by atoms with E-state index in [-0.39, 0.29) is 0 Å². The molecule has 0 amide bonds. The van der Waals surface area contributed by atoms with Crippen LogP contribution in [0, 0.1) is 6.92 Å². The van der Waals surface area contributed by atoms with Gasteiger partial charge in [0.2, 0.25) is 5.69 Å². The smallest absolute Gasteiger partial charge is 0.213 e. The first-order chi connectivity index (χ1) is 19.3. The summed E-state index contributed by atoms with van der Waals surface area (Å²) in [4.78, 5) is 2.61. The Kier molecular flexibility index (Phi) is 6.95. The molecule has 0 unspecified atom stereocenters. The molecule has 5 aromatic rings. The van der Waals surface area contributed by atoms with Gasteiger partial charge in [0.15, 0.2) is 12.7 Å². The number of pyridine rings is 1. The van der Waals surface area contributed by atoms with Gasteiger partial charge in [0, 0.05) is 38.6 Å². The average Bonchev–Trinajstić information content (AvgIpc) is 3.08. The Hall–Kier alpha value is -3.92. The number of allylic oxidation sites excluding steroid dienone is 1. The van der Waals surface area contributed by atoms with Crippen LogP contribution in [0.4, 0.5) is 0 Å². The number of benzene rings is 4. The minimum atomic E-state index is 0.751. The molecule has 0 radical (unpaired) electrons. The van der Waals surface area contributed by atoms with Crippen molar-refractivity contribution >= 4 is 17.5 Å². The number of nitrogens with zero attached hydrogens (tertiary/aromatic N) is 2. The maximum atomic E-state index is 2.46. The third kappa shape index (κ3) is 4.81. The van der Waals surface area contributed by atoms with Crippen molar-refractivity contribution in [1.29, 1.82) is 0 Å². The molecule has 0 spiro atoms. The summed E-state index contributed by atoms with van der Waals surface area (Å²) in [5.41, 5.74) is 13.0. The topological polar surface area (TPSA) is 3.88 Å². The summed E-state index contributed by atoms with van der Waals surface area (Å²) in [7, 11) is 6.78. The highest BCUT2D eigenvalue weighted by atomic mass is 32.2. The monoisotopic (exact) mass is 540 g/mol. The van der Waals surface area contributed by atoms with Crippen LogP contribution in [0.3, 0.4) is 0 Å². The summed E-state index contributed by atoms with van der Waals surface area (Å²) in [6.07, 6.45) is 4.50. The van der Waals surface area contributed by atoms with E-state index in [0.29, 0.717) is 0 Å². The zero-order valence-electron chi connectivity index (χ0n) is 24.0. The number of aryl methyl sites for hydroxylation is 1. The van der Waals surface area contributed by atoms with E-state index in [9.17, 15) is 0 Å². The van der Waals surface area contributed by atoms with Crippen LogP contribution in [0.15, 0.2) is 125 Å². The van der Waals surface area contributed by atoms with Crippen LogP contribution in [0.2, 0.25) is 0 Å². The second-order valence-corrected chi connectivity index (χ2v) is 12.4. The van der Waals surface area contributed by atoms with Gasteiger partial charge in [0.05, 0.1) is 21.1 Å². The van der Waals surface area contributed by atoms with Crippen molar-refractivity contribution in [3.05, 3.63) is 132 Å². The largest absolute Gasteiger partial charge is 0.298 e. The third-order valence-electron chi connectivity index (χ3n) is 7.79. The van der Waals surface area contributed by atoms with Gasteiger partial charge < -0.3 is 0 Å². The lowest BCUT2D eigenvalue weighted by molar-refractivity contribution is -0.796. The molecule has 0 saturated carbocycles. The molecule has 1 aliphatic heterocycles. The lowest BCUT2D eigenvalue weighted by Crippen LogP contribution is -2.38. The molecule has 3 heteroatoms. The van der Waals surface area contributed by atoms with Gasteiger partial charge in [0.1, 0.15) is 5.70 Å². The van der Waals surface area contributed by atoms with E-state index in [1.165, 1.54) is 65.7 Å². The van der Waals surface area contributed by atoms with Crippen LogP contribution in [0.25, 0.3) is 39.2 Å². The summed E-state index contributed by atoms with van der Waals surface area (Å²) >= 11 is 1.89. The van der Waals surface area contributed by atoms with Gasteiger partial charge >= 0.3 is 0 Å². The fraction of sp³-hybridized carbons (Fsp3) is 0.162. The molecule has 1 aromatic heterocycles. The van der Waals surface area contributed by atoms with E-state index >= 15 is 0 Å². The van der Waals surface area contributed by atoms with Gasteiger partial charge in [-0.2, -0.15) is 4.57 Å². The van der Waals surface area contributed by atoms with Gasteiger partial charge in [-0.3, -0.25) is 4.48 Å². The Labute approximate surface area is 242 Å². The van der Waals surface area contributed by atoms with E-state index < -0.39 is 0 Å². The number of quaternary nitrogens is 1. The SMILES string of the molecule is C/C=C(/c1cc2c(cc1C[n+]1ccccc1-c1ccccc1C)Sc1ccccc1-c1ccccc1-2)[N+](C)(C)C. The van der Waals surface area contributed by atoms with Crippen molar-refractivity contribution in [2.45, 2.75) is 30.2 Å². The third-order valence-corrected chi connectivity index (χ3v) is 8.93. The molecule has 40 heavy (non-hydrogen) atoms. The van der Waals surface area contributed by atoms with Gasteiger partial charge in [-0.05, 0) is 78.1 Å². The predicted molar refractivity (Wildman–Crippen MR) is 169 cm³/mol. The maximum absolute atomic E-state index is 2.46. The lowest BCUT2D eigenvalue weighted by Gasteiger charge is -2.28. The van der Waals surface area contributed by atoms with Crippen LogP contribution in [0.5, 0.6) is 0 Å². The van der Waals surface area contributed by atoms with Crippen LogP contribution in [-0.4, -0.2) is 25.6 Å². The predicted octanol–water partition coefficient (Wildman–Crippen LogP) is 8.86. The second-order valence-electron chi connectivity index (χ2n) is 11.4. The molecule has 0 aliphatic carbocycles. The molecule has 0 fully saturated rings. The zero-order chi connectivity index (χ0) is 27.9. The molecule has 2 nitrogen and oxygen atoms in total. The Morgan fingerprint density at radius 1 is 0.700 bits per heavy atom. The van der Waals surface area contributed by atoms with Crippen LogP contribution in [0.1, 0.15) is 23.6 Å². The van der Waals surface area contributed by atoms with E-state index in [1.807, 2.05) is 11.8 Å².